The van der Waals surface area contributed by atoms with Crippen LogP contribution in [0.25, 0.3) is 16.8 Å². The highest BCUT2D eigenvalue weighted by Crippen LogP contribution is 2.34. The lowest BCUT2D eigenvalue weighted by atomic mass is 10.1. The molecule has 0 radical (unpaired) electrons. The molecule has 0 saturated heterocycles. The quantitative estimate of drug-likeness (QED) is 0.494. The number of carbonyl (C=O) groups is 1. The second kappa shape index (κ2) is 8.38. The fourth-order valence-corrected chi connectivity index (χ4v) is 3.70. The van der Waals surface area contributed by atoms with Crippen LogP contribution < -0.4 is 14.8 Å². The SMILES string of the molecule is COc1ccc(-c2cn(-c3ccccc3)nc2C(=O)Nc2ncc(C)s2)cc1OC. The number of amides is 1. The van der Waals surface area contributed by atoms with Crippen molar-refractivity contribution in [3.63, 3.8) is 0 Å². The second-order valence-electron chi connectivity index (χ2n) is 6.47. The summed E-state index contributed by atoms with van der Waals surface area (Å²) in [7, 11) is 3.16. The molecule has 4 rings (SSSR count). The largest absolute Gasteiger partial charge is 0.493 e. The van der Waals surface area contributed by atoms with E-state index in [0.29, 0.717) is 27.9 Å². The summed E-state index contributed by atoms with van der Waals surface area (Å²) in [4.78, 5) is 18.3. The number of anilines is 1. The summed E-state index contributed by atoms with van der Waals surface area (Å²) < 4.78 is 12.4. The maximum Gasteiger partial charge on any atom is 0.278 e. The van der Waals surface area contributed by atoms with E-state index in [1.807, 2.05) is 55.6 Å². The molecule has 0 aliphatic carbocycles. The van der Waals surface area contributed by atoms with E-state index in [-0.39, 0.29) is 5.91 Å². The zero-order valence-corrected chi connectivity index (χ0v) is 17.6. The number of aryl methyl sites for hydroxylation is 1. The number of rotatable bonds is 6. The van der Waals surface area contributed by atoms with E-state index in [4.69, 9.17) is 9.47 Å². The molecule has 30 heavy (non-hydrogen) atoms. The highest BCUT2D eigenvalue weighted by Gasteiger charge is 2.21. The molecule has 0 fully saturated rings. The van der Waals surface area contributed by atoms with Crippen molar-refractivity contribution >= 4 is 22.4 Å². The van der Waals surface area contributed by atoms with Crippen molar-refractivity contribution in [2.75, 3.05) is 19.5 Å². The zero-order chi connectivity index (χ0) is 21.1. The Kier molecular flexibility index (Phi) is 5.49. The number of thiazole rings is 1. The number of ether oxygens (including phenoxy) is 2. The van der Waals surface area contributed by atoms with Crippen LogP contribution in [0.2, 0.25) is 0 Å². The molecule has 1 amide bonds. The number of hydrogen-bond donors (Lipinski definition) is 1. The summed E-state index contributed by atoms with van der Waals surface area (Å²) in [6.07, 6.45) is 3.55. The maximum atomic E-state index is 13.1. The van der Waals surface area contributed by atoms with Crippen molar-refractivity contribution in [2.45, 2.75) is 6.92 Å². The number of nitrogens with zero attached hydrogens (tertiary/aromatic N) is 3. The molecule has 1 N–H and O–H groups in total. The number of para-hydroxylation sites is 1. The van der Waals surface area contributed by atoms with Crippen molar-refractivity contribution in [1.29, 1.82) is 0 Å². The Labute approximate surface area is 177 Å². The lowest BCUT2D eigenvalue weighted by Crippen LogP contribution is -2.14. The Morgan fingerprint density at radius 2 is 1.83 bits per heavy atom. The van der Waals surface area contributed by atoms with Crippen LogP contribution in [-0.2, 0) is 0 Å². The molecule has 0 unspecified atom stereocenters. The molecular weight excluding hydrogens is 400 g/mol. The van der Waals surface area contributed by atoms with Gasteiger partial charge >= 0.3 is 0 Å². The van der Waals surface area contributed by atoms with Crippen LogP contribution in [0.15, 0.2) is 60.9 Å². The number of carbonyl (C=O) groups excluding carboxylic acids is 1. The van der Waals surface area contributed by atoms with Gasteiger partial charge in [-0.1, -0.05) is 24.3 Å². The van der Waals surface area contributed by atoms with E-state index in [1.54, 1.807) is 31.2 Å². The third-order valence-corrected chi connectivity index (χ3v) is 5.31. The third kappa shape index (κ3) is 3.90. The van der Waals surface area contributed by atoms with Crippen LogP contribution >= 0.6 is 11.3 Å². The fraction of sp³-hybridized carbons (Fsp3) is 0.136. The van der Waals surface area contributed by atoms with E-state index in [9.17, 15) is 4.79 Å². The van der Waals surface area contributed by atoms with Gasteiger partial charge in [0.1, 0.15) is 0 Å². The van der Waals surface area contributed by atoms with Crippen LogP contribution in [0.3, 0.4) is 0 Å². The number of benzene rings is 2. The molecule has 0 aliphatic heterocycles. The van der Waals surface area contributed by atoms with E-state index < -0.39 is 0 Å². The van der Waals surface area contributed by atoms with Crippen LogP contribution in [-0.4, -0.2) is 34.9 Å². The predicted octanol–water partition coefficient (Wildman–Crippen LogP) is 4.57. The second-order valence-corrected chi connectivity index (χ2v) is 7.71. The molecule has 2 aromatic carbocycles. The van der Waals surface area contributed by atoms with Crippen molar-refractivity contribution in [1.82, 2.24) is 14.8 Å². The normalized spacial score (nSPS) is 10.6. The monoisotopic (exact) mass is 420 g/mol. The summed E-state index contributed by atoms with van der Waals surface area (Å²) in [5.41, 5.74) is 2.60. The Balaban J connectivity index is 1.79. The van der Waals surface area contributed by atoms with Crippen molar-refractivity contribution in [2.24, 2.45) is 0 Å². The minimum absolute atomic E-state index is 0.291. The van der Waals surface area contributed by atoms with E-state index >= 15 is 0 Å². The first-order valence-corrected chi connectivity index (χ1v) is 10.0. The van der Waals surface area contributed by atoms with E-state index in [0.717, 1.165) is 16.1 Å². The van der Waals surface area contributed by atoms with Gasteiger partial charge in [-0.15, -0.1) is 11.3 Å². The highest BCUT2D eigenvalue weighted by molar-refractivity contribution is 7.15. The standard InChI is InChI=1S/C22H20N4O3S/c1-14-12-23-22(30-14)24-21(27)20-17(13-26(25-20)16-7-5-4-6-8-16)15-9-10-18(28-2)19(11-15)29-3/h4-13H,1-3H3,(H,23,24,27). The van der Waals surface area contributed by atoms with E-state index in [1.165, 1.54) is 11.3 Å². The van der Waals surface area contributed by atoms with E-state index in [2.05, 4.69) is 15.4 Å². The van der Waals surface area contributed by atoms with Crippen molar-refractivity contribution in [3.05, 3.63) is 71.5 Å². The van der Waals surface area contributed by atoms with Gasteiger partial charge in [-0.2, -0.15) is 5.10 Å². The summed E-state index contributed by atoms with van der Waals surface area (Å²) in [5, 5.41) is 7.94. The maximum absolute atomic E-state index is 13.1. The van der Waals surface area contributed by atoms with Gasteiger partial charge in [-0.25, -0.2) is 9.67 Å². The van der Waals surface area contributed by atoms with Gasteiger partial charge < -0.3 is 9.47 Å². The van der Waals surface area contributed by atoms with Crippen LogP contribution in [0.5, 0.6) is 11.5 Å². The summed E-state index contributed by atoms with van der Waals surface area (Å²) >= 11 is 1.41. The first kappa shape index (κ1) is 19.7. The van der Waals surface area contributed by atoms with Crippen molar-refractivity contribution < 1.29 is 14.3 Å². The zero-order valence-electron chi connectivity index (χ0n) is 16.7. The third-order valence-electron chi connectivity index (χ3n) is 4.49. The molecule has 0 saturated carbocycles. The van der Waals surface area contributed by atoms with Gasteiger partial charge in [0.15, 0.2) is 22.3 Å². The number of nitrogens with one attached hydrogen (secondary N) is 1. The molecule has 4 aromatic rings. The lowest BCUT2D eigenvalue weighted by Gasteiger charge is -2.09. The van der Waals surface area contributed by atoms with Crippen molar-refractivity contribution in [3.8, 4) is 28.3 Å². The van der Waals surface area contributed by atoms with Gasteiger partial charge in [-0.05, 0) is 36.8 Å². The molecule has 152 valence electrons. The fourth-order valence-electron chi connectivity index (χ4n) is 3.04. The molecule has 0 spiro atoms. The first-order chi connectivity index (χ1) is 14.6. The van der Waals surface area contributed by atoms with Gasteiger partial charge in [0.2, 0.25) is 0 Å². The Morgan fingerprint density at radius 3 is 2.50 bits per heavy atom. The van der Waals surface area contributed by atoms with Gasteiger partial charge in [-0.3, -0.25) is 10.1 Å². The molecule has 8 heteroatoms. The molecular formula is C22H20N4O3S. The molecule has 0 bridgehead atoms. The summed E-state index contributed by atoms with van der Waals surface area (Å²) in [6.45, 7) is 1.94. The average molecular weight is 420 g/mol. The predicted molar refractivity (Wildman–Crippen MR) is 117 cm³/mol. The minimum atomic E-state index is -0.330. The molecule has 0 atom stereocenters. The Hall–Kier alpha value is -3.65. The number of methoxy groups -OCH3 is 2. The molecule has 2 heterocycles. The summed E-state index contributed by atoms with van der Waals surface area (Å²) in [5.74, 6) is 0.856. The Bertz CT molecular complexity index is 1180. The van der Waals surface area contributed by atoms with Gasteiger partial charge in [0.25, 0.3) is 5.91 Å². The summed E-state index contributed by atoms with van der Waals surface area (Å²) in [6, 6.07) is 15.1. The molecule has 0 aliphatic rings. The topological polar surface area (TPSA) is 78.3 Å². The number of aromatic nitrogens is 3. The van der Waals surface area contributed by atoms with Crippen LogP contribution in [0, 0.1) is 6.92 Å². The highest BCUT2D eigenvalue weighted by atomic mass is 32.1. The molecule has 2 aromatic heterocycles. The van der Waals surface area contributed by atoms with Gasteiger partial charge in [0, 0.05) is 22.8 Å². The Morgan fingerprint density at radius 1 is 1.07 bits per heavy atom. The van der Waals surface area contributed by atoms with Gasteiger partial charge in [0.05, 0.1) is 19.9 Å². The molecule has 7 nitrogen and oxygen atoms in total. The van der Waals surface area contributed by atoms with Crippen LogP contribution in [0.1, 0.15) is 15.4 Å². The first-order valence-electron chi connectivity index (χ1n) is 9.20. The smallest absolute Gasteiger partial charge is 0.278 e. The average Bonchev–Trinajstić information content (AvgIpc) is 3.40. The van der Waals surface area contributed by atoms with Crippen LogP contribution in [0.4, 0.5) is 5.13 Å². The number of hydrogen-bond acceptors (Lipinski definition) is 6. The minimum Gasteiger partial charge on any atom is -0.493 e. The lowest BCUT2D eigenvalue weighted by molar-refractivity contribution is 0.102.